The van der Waals surface area contributed by atoms with Crippen molar-refractivity contribution in [2.24, 2.45) is 0 Å². The first-order valence-electron chi connectivity index (χ1n) is 9.32. The van der Waals surface area contributed by atoms with E-state index in [0.29, 0.717) is 23.1 Å². The number of aryl methyl sites for hydroxylation is 1. The highest BCUT2D eigenvalue weighted by Gasteiger charge is 2.13. The van der Waals surface area contributed by atoms with Gasteiger partial charge in [0.05, 0.1) is 26.3 Å². The molecule has 154 valence electrons. The second-order valence-corrected chi connectivity index (χ2v) is 7.79. The summed E-state index contributed by atoms with van der Waals surface area (Å²) in [6.45, 7) is 1.99. The molecule has 0 unspecified atom stereocenters. The molecule has 1 aromatic carbocycles. The average Bonchev–Trinajstić information content (AvgIpc) is 3.35. The Morgan fingerprint density at radius 1 is 1.17 bits per heavy atom. The van der Waals surface area contributed by atoms with Crippen molar-refractivity contribution in [1.29, 1.82) is 0 Å². The van der Waals surface area contributed by atoms with Crippen LogP contribution >= 0.6 is 11.3 Å². The van der Waals surface area contributed by atoms with E-state index in [1.54, 1.807) is 20.4 Å². The summed E-state index contributed by atoms with van der Waals surface area (Å²) in [7, 11) is 3.20. The minimum atomic E-state index is -0.160. The maximum Gasteiger partial charge on any atom is 0.232 e. The largest absolute Gasteiger partial charge is 0.493 e. The van der Waals surface area contributed by atoms with Crippen LogP contribution in [0.25, 0.3) is 5.65 Å². The number of carbonyl (C=O) groups excluding carboxylic acids is 1. The van der Waals surface area contributed by atoms with Crippen molar-refractivity contribution >= 4 is 28.0 Å². The van der Waals surface area contributed by atoms with Crippen molar-refractivity contribution in [3.8, 4) is 11.5 Å². The number of benzene rings is 1. The molecule has 3 heterocycles. The Labute approximate surface area is 177 Å². The standard InChI is InChI=1S/C21H21N5O3S/c1-13-5-4-8-26-15(12-22-20(13)26)11-18(27)23-21-25-24-19(30-21)10-14-6-7-16(28-2)17(9-14)29-3/h4-9,12H,10-11H2,1-3H3,(H,23,25,27). The van der Waals surface area contributed by atoms with Gasteiger partial charge in [-0.15, -0.1) is 10.2 Å². The first kappa shape index (κ1) is 19.8. The molecule has 0 aliphatic carbocycles. The summed E-state index contributed by atoms with van der Waals surface area (Å²) in [5, 5.41) is 12.4. The van der Waals surface area contributed by atoms with Crippen LogP contribution in [-0.2, 0) is 17.6 Å². The fourth-order valence-corrected chi connectivity index (χ4v) is 3.99. The van der Waals surface area contributed by atoms with Gasteiger partial charge in [0.2, 0.25) is 11.0 Å². The number of ether oxygens (including phenoxy) is 2. The smallest absolute Gasteiger partial charge is 0.232 e. The normalized spacial score (nSPS) is 10.9. The van der Waals surface area contributed by atoms with E-state index in [0.717, 1.165) is 27.5 Å². The first-order valence-corrected chi connectivity index (χ1v) is 10.1. The molecule has 0 saturated carbocycles. The van der Waals surface area contributed by atoms with Crippen molar-refractivity contribution < 1.29 is 14.3 Å². The minimum Gasteiger partial charge on any atom is -0.493 e. The van der Waals surface area contributed by atoms with Crippen molar-refractivity contribution in [3.05, 3.63) is 64.6 Å². The zero-order valence-electron chi connectivity index (χ0n) is 16.9. The van der Waals surface area contributed by atoms with Crippen molar-refractivity contribution in [2.75, 3.05) is 19.5 Å². The Hall–Kier alpha value is -3.46. The third-order valence-electron chi connectivity index (χ3n) is 4.67. The SMILES string of the molecule is COc1ccc(Cc2nnc(NC(=O)Cc3cnc4c(C)cccn34)s2)cc1OC. The number of amides is 1. The number of pyridine rings is 1. The number of anilines is 1. The zero-order chi connectivity index (χ0) is 21.1. The van der Waals surface area contributed by atoms with Crippen LogP contribution in [-0.4, -0.2) is 39.7 Å². The van der Waals surface area contributed by atoms with E-state index in [9.17, 15) is 4.79 Å². The van der Waals surface area contributed by atoms with E-state index in [4.69, 9.17) is 9.47 Å². The highest BCUT2D eigenvalue weighted by molar-refractivity contribution is 7.15. The molecule has 0 bridgehead atoms. The number of hydrogen-bond acceptors (Lipinski definition) is 7. The Balaban J connectivity index is 1.41. The van der Waals surface area contributed by atoms with E-state index in [-0.39, 0.29) is 12.3 Å². The molecule has 0 aliphatic rings. The number of nitrogens with zero attached hydrogens (tertiary/aromatic N) is 4. The van der Waals surface area contributed by atoms with Gasteiger partial charge in [0.25, 0.3) is 0 Å². The van der Waals surface area contributed by atoms with Gasteiger partial charge in [-0.25, -0.2) is 4.98 Å². The molecule has 1 amide bonds. The molecule has 4 rings (SSSR count). The van der Waals surface area contributed by atoms with E-state index in [1.807, 2.05) is 47.9 Å². The number of imidazole rings is 1. The van der Waals surface area contributed by atoms with Gasteiger partial charge in [0.15, 0.2) is 11.5 Å². The molecular formula is C21H21N5O3S. The number of carbonyl (C=O) groups is 1. The van der Waals surface area contributed by atoms with E-state index < -0.39 is 0 Å². The number of nitrogens with one attached hydrogen (secondary N) is 1. The lowest BCUT2D eigenvalue weighted by Crippen LogP contribution is -2.15. The van der Waals surface area contributed by atoms with Gasteiger partial charge in [-0.1, -0.05) is 23.5 Å². The predicted molar refractivity (Wildman–Crippen MR) is 115 cm³/mol. The second kappa shape index (κ2) is 8.50. The molecule has 0 saturated heterocycles. The highest BCUT2D eigenvalue weighted by atomic mass is 32.1. The zero-order valence-corrected chi connectivity index (χ0v) is 17.7. The highest BCUT2D eigenvalue weighted by Crippen LogP contribution is 2.29. The molecule has 0 spiro atoms. The molecular weight excluding hydrogens is 402 g/mol. The number of fused-ring (bicyclic) bond motifs is 1. The van der Waals surface area contributed by atoms with Crippen molar-refractivity contribution in [3.63, 3.8) is 0 Å². The van der Waals surface area contributed by atoms with Gasteiger partial charge in [-0.05, 0) is 36.2 Å². The maximum absolute atomic E-state index is 12.5. The molecule has 9 heteroatoms. The topological polar surface area (TPSA) is 90.6 Å². The molecule has 4 aromatic rings. The summed E-state index contributed by atoms with van der Waals surface area (Å²) < 4.78 is 12.5. The van der Waals surface area contributed by atoms with Crippen LogP contribution in [0.4, 0.5) is 5.13 Å². The van der Waals surface area contributed by atoms with E-state index >= 15 is 0 Å². The van der Waals surface area contributed by atoms with Gasteiger partial charge < -0.3 is 19.2 Å². The van der Waals surface area contributed by atoms with Crippen LogP contribution in [0.2, 0.25) is 0 Å². The minimum absolute atomic E-state index is 0.160. The van der Waals surface area contributed by atoms with Gasteiger partial charge in [-0.3, -0.25) is 4.79 Å². The Morgan fingerprint density at radius 2 is 2.00 bits per heavy atom. The molecule has 0 fully saturated rings. The number of aromatic nitrogens is 4. The van der Waals surface area contributed by atoms with Gasteiger partial charge in [0.1, 0.15) is 10.7 Å². The van der Waals surface area contributed by atoms with E-state index in [2.05, 4.69) is 20.5 Å². The number of hydrogen-bond donors (Lipinski definition) is 1. The molecule has 1 N–H and O–H groups in total. The van der Waals surface area contributed by atoms with Gasteiger partial charge in [-0.2, -0.15) is 0 Å². The number of methoxy groups -OCH3 is 2. The van der Waals surface area contributed by atoms with Crippen molar-refractivity contribution in [2.45, 2.75) is 19.8 Å². The summed E-state index contributed by atoms with van der Waals surface area (Å²) in [6, 6.07) is 9.65. The number of rotatable bonds is 7. The molecule has 0 aliphatic heterocycles. The average molecular weight is 423 g/mol. The first-order chi connectivity index (χ1) is 14.6. The summed E-state index contributed by atoms with van der Waals surface area (Å²) >= 11 is 1.35. The van der Waals surface area contributed by atoms with Crippen molar-refractivity contribution in [1.82, 2.24) is 19.6 Å². The lowest BCUT2D eigenvalue weighted by molar-refractivity contribution is -0.115. The maximum atomic E-state index is 12.5. The third kappa shape index (κ3) is 4.11. The second-order valence-electron chi connectivity index (χ2n) is 6.73. The monoisotopic (exact) mass is 423 g/mol. The Kier molecular flexibility index (Phi) is 5.62. The predicted octanol–water partition coefficient (Wildman–Crippen LogP) is 3.28. The molecule has 8 nitrogen and oxygen atoms in total. The van der Waals surface area contributed by atoms with Crippen LogP contribution in [0.1, 0.15) is 21.8 Å². The molecule has 0 radical (unpaired) electrons. The summed E-state index contributed by atoms with van der Waals surface area (Å²) in [5.74, 6) is 1.18. The lowest BCUT2D eigenvalue weighted by Gasteiger charge is -2.08. The Bertz CT molecular complexity index is 1200. The molecule has 30 heavy (non-hydrogen) atoms. The lowest BCUT2D eigenvalue weighted by atomic mass is 10.1. The van der Waals surface area contributed by atoms with Crippen LogP contribution in [0.5, 0.6) is 11.5 Å². The van der Waals surface area contributed by atoms with Gasteiger partial charge in [0, 0.05) is 18.8 Å². The quantitative estimate of drug-likeness (QED) is 0.491. The van der Waals surface area contributed by atoms with Crippen LogP contribution < -0.4 is 14.8 Å². The molecule has 0 atom stereocenters. The van der Waals surface area contributed by atoms with Crippen LogP contribution in [0, 0.1) is 6.92 Å². The van der Waals surface area contributed by atoms with Crippen LogP contribution in [0.15, 0.2) is 42.7 Å². The molecule has 3 aromatic heterocycles. The van der Waals surface area contributed by atoms with Crippen LogP contribution in [0.3, 0.4) is 0 Å². The summed E-state index contributed by atoms with van der Waals surface area (Å²) in [4.78, 5) is 16.9. The summed E-state index contributed by atoms with van der Waals surface area (Å²) in [5.41, 5.74) is 3.76. The summed E-state index contributed by atoms with van der Waals surface area (Å²) in [6.07, 6.45) is 4.42. The van der Waals surface area contributed by atoms with E-state index in [1.165, 1.54) is 11.3 Å². The Morgan fingerprint density at radius 3 is 2.80 bits per heavy atom. The third-order valence-corrected chi connectivity index (χ3v) is 5.50. The van der Waals surface area contributed by atoms with Gasteiger partial charge >= 0.3 is 0 Å². The fraction of sp³-hybridized carbons (Fsp3) is 0.238. The fourth-order valence-electron chi connectivity index (χ4n) is 3.20.